The largest absolute Gasteiger partial charge is 0.508 e. The first kappa shape index (κ1) is 21.3. The Hall–Kier alpha value is -4.92. The van der Waals surface area contributed by atoms with Gasteiger partial charge in [-0.1, -0.05) is 24.3 Å². The minimum atomic E-state index is -0.886. The molecule has 8 N–H and O–H groups in total. The molecule has 33 heavy (non-hydrogen) atoms. The normalized spacial score (nSPS) is 10.8. The fourth-order valence-corrected chi connectivity index (χ4v) is 3.27. The van der Waals surface area contributed by atoms with Crippen molar-refractivity contribution in [3.8, 4) is 79.7 Å². The van der Waals surface area contributed by atoms with Crippen LogP contribution in [0.1, 0.15) is 0 Å². The second-order valence-corrected chi connectivity index (χ2v) is 7.13. The Labute approximate surface area is 186 Å². The zero-order valence-electron chi connectivity index (χ0n) is 16.8. The second kappa shape index (κ2) is 7.97. The van der Waals surface area contributed by atoms with Gasteiger partial charge in [0.1, 0.15) is 11.5 Å². The van der Waals surface area contributed by atoms with Gasteiger partial charge >= 0.3 is 0 Å². The highest BCUT2D eigenvalue weighted by atomic mass is 16.5. The Bertz CT molecular complexity index is 1240. The molecule has 9 heteroatoms. The van der Waals surface area contributed by atoms with Gasteiger partial charge in [0.2, 0.25) is 23.0 Å². The summed E-state index contributed by atoms with van der Waals surface area (Å²) in [5.41, 5.74) is 0.718. The summed E-state index contributed by atoms with van der Waals surface area (Å²) in [6, 6.07) is 13.3. The van der Waals surface area contributed by atoms with E-state index in [4.69, 9.17) is 4.74 Å². The lowest BCUT2D eigenvalue weighted by molar-refractivity contribution is 0.324. The fraction of sp³-hybridized carbons (Fsp3) is 0. The molecule has 0 amide bonds. The molecule has 4 aromatic rings. The third-order valence-corrected chi connectivity index (χ3v) is 4.98. The van der Waals surface area contributed by atoms with Crippen molar-refractivity contribution in [1.82, 2.24) is 0 Å². The summed E-state index contributed by atoms with van der Waals surface area (Å²) in [4.78, 5) is 0. The van der Waals surface area contributed by atoms with Crippen LogP contribution in [-0.2, 0) is 0 Å². The zero-order chi connectivity index (χ0) is 23.9. The van der Waals surface area contributed by atoms with E-state index in [0.29, 0.717) is 11.1 Å². The van der Waals surface area contributed by atoms with E-state index < -0.39 is 46.0 Å². The number of hydrogen-bond donors (Lipinski definition) is 8. The lowest BCUT2D eigenvalue weighted by atomic mass is 10.0. The number of benzene rings is 4. The van der Waals surface area contributed by atoms with Crippen LogP contribution in [0.5, 0.6) is 57.5 Å². The van der Waals surface area contributed by atoms with Gasteiger partial charge in [-0.2, -0.15) is 0 Å². The van der Waals surface area contributed by atoms with Crippen molar-refractivity contribution in [1.29, 1.82) is 0 Å². The predicted octanol–water partition coefficient (Wildman–Crippen LogP) is 4.46. The smallest absolute Gasteiger partial charge is 0.215 e. The summed E-state index contributed by atoms with van der Waals surface area (Å²) in [6.45, 7) is 0. The average Bonchev–Trinajstić information content (AvgIpc) is 2.79. The molecule has 0 atom stereocenters. The molecule has 0 fully saturated rings. The first-order chi connectivity index (χ1) is 15.7. The van der Waals surface area contributed by atoms with Crippen LogP contribution in [0.2, 0.25) is 0 Å². The van der Waals surface area contributed by atoms with E-state index in [9.17, 15) is 40.9 Å². The quantitative estimate of drug-likeness (QED) is 0.165. The van der Waals surface area contributed by atoms with Gasteiger partial charge in [0.15, 0.2) is 23.0 Å². The highest BCUT2D eigenvalue weighted by Gasteiger charge is 2.26. The molecule has 0 saturated heterocycles. The maximum Gasteiger partial charge on any atom is 0.215 e. The molecule has 0 aliphatic carbocycles. The van der Waals surface area contributed by atoms with Gasteiger partial charge in [-0.25, -0.2) is 0 Å². The SMILES string of the molecule is Oc1ccc(-c2cc(O)c(O)c(Oc3c(O)c(O)cc(-c4ccc(O)cc4)c3O)c2O)cc1. The molecule has 0 aromatic heterocycles. The number of phenolic OH excluding ortho intramolecular Hbond substituents is 8. The molecule has 0 aliphatic heterocycles. The third-order valence-electron chi connectivity index (χ3n) is 4.98. The minimum absolute atomic E-state index is 0.0122. The Morgan fingerprint density at radius 1 is 0.424 bits per heavy atom. The maximum absolute atomic E-state index is 10.7. The number of aromatic hydroxyl groups is 8. The molecule has 0 radical (unpaired) electrons. The molecule has 0 saturated carbocycles. The van der Waals surface area contributed by atoms with Crippen LogP contribution in [0, 0.1) is 0 Å². The van der Waals surface area contributed by atoms with Crippen molar-refractivity contribution in [2.75, 3.05) is 0 Å². The number of rotatable bonds is 4. The van der Waals surface area contributed by atoms with Gasteiger partial charge in [0.25, 0.3) is 0 Å². The lowest BCUT2D eigenvalue weighted by Crippen LogP contribution is -1.92. The molecule has 0 unspecified atom stereocenters. The average molecular weight is 450 g/mol. The summed E-state index contributed by atoms with van der Waals surface area (Å²) in [6.07, 6.45) is 0. The van der Waals surface area contributed by atoms with Gasteiger partial charge in [-0.15, -0.1) is 0 Å². The van der Waals surface area contributed by atoms with Crippen molar-refractivity contribution < 1.29 is 45.6 Å². The summed E-state index contributed by atoms with van der Waals surface area (Å²) >= 11 is 0. The minimum Gasteiger partial charge on any atom is -0.508 e. The first-order valence-corrected chi connectivity index (χ1v) is 9.49. The van der Waals surface area contributed by atoms with Crippen molar-refractivity contribution in [3.05, 3.63) is 60.7 Å². The Morgan fingerprint density at radius 3 is 1.09 bits per heavy atom. The van der Waals surface area contributed by atoms with Gasteiger partial charge in [-0.05, 0) is 47.5 Å². The Morgan fingerprint density at radius 2 is 0.758 bits per heavy atom. The van der Waals surface area contributed by atoms with Crippen LogP contribution in [0.4, 0.5) is 0 Å². The Kier molecular flexibility index (Phi) is 5.15. The molecular weight excluding hydrogens is 432 g/mol. The van der Waals surface area contributed by atoms with Crippen molar-refractivity contribution in [3.63, 3.8) is 0 Å². The van der Waals surface area contributed by atoms with Crippen molar-refractivity contribution >= 4 is 0 Å². The second-order valence-electron chi connectivity index (χ2n) is 7.13. The van der Waals surface area contributed by atoms with E-state index in [0.717, 1.165) is 12.1 Å². The van der Waals surface area contributed by atoms with Crippen LogP contribution < -0.4 is 4.74 Å². The lowest BCUT2D eigenvalue weighted by Gasteiger charge is -2.17. The van der Waals surface area contributed by atoms with Crippen LogP contribution in [0.15, 0.2) is 60.7 Å². The van der Waals surface area contributed by atoms with E-state index in [1.165, 1.54) is 48.5 Å². The van der Waals surface area contributed by atoms with Crippen LogP contribution >= 0.6 is 0 Å². The zero-order valence-corrected chi connectivity index (χ0v) is 16.8. The predicted molar refractivity (Wildman–Crippen MR) is 117 cm³/mol. The number of phenols is 8. The molecule has 168 valence electrons. The number of hydrogen-bond acceptors (Lipinski definition) is 9. The molecule has 4 aromatic carbocycles. The van der Waals surface area contributed by atoms with E-state index in [-0.39, 0.29) is 22.6 Å². The third kappa shape index (κ3) is 3.79. The van der Waals surface area contributed by atoms with E-state index >= 15 is 0 Å². The Balaban J connectivity index is 1.87. The van der Waals surface area contributed by atoms with Gasteiger partial charge < -0.3 is 45.6 Å². The van der Waals surface area contributed by atoms with Crippen molar-refractivity contribution in [2.24, 2.45) is 0 Å². The van der Waals surface area contributed by atoms with Crippen LogP contribution in [0.3, 0.4) is 0 Å². The monoisotopic (exact) mass is 450 g/mol. The highest BCUT2D eigenvalue weighted by Crippen LogP contribution is 2.55. The first-order valence-electron chi connectivity index (χ1n) is 9.49. The summed E-state index contributed by atoms with van der Waals surface area (Å²) < 4.78 is 5.42. The highest BCUT2D eigenvalue weighted by molar-refractivity contribution is 5.82. The van der Waals surface area contributed by atoms with Crippen molar-refractivity contribution in [2.45, 2.75) is 0 Å². The summed E-state index contributed by atoms with van der Waals surface area (Å²) in [7, 11) is 0. The van der Waals surface area contributed by atoms with Gasteiger partial charge in [0, 0.05) is 11.1 Å². The fourth-order valence-electron chi connectivity index (χ4n) is 3.27. The van der Waals surface area contributed by atoms with E-state index in [1.54, 1.807) is 0 Å². The summed E-state index contributed by atoms with van der Waals surface area (Å²) in [5, 5.41) is 81.3. The summed E-state index contributed by atoms with van der Waals surface area (Å²) in [5.74, 6) is -5.90. The molecule has 0 aliphatic rings. The molecule has 0 heterocycles. The maximum atomic E-state index is 10.7. The molecule has 4 rings (SSSR count). The van der Waals surface area contributed by atoms with Gasteiger partial charge in [0.05, 0.1) is 0 Å². The van der Waals surface area contributed by atoms with E-state index in [2.05, 4.69) is 0 Å². The van der Waals surface area contributed by atoms with Crippen LogP contribution in [-0.4, -0.2) is 40.9 Å². The molecule has 9 nitrogen and oxygen atoms in total. The standard InChI is InChI=1S/C24H18O9/c25-13-5-1-11(2-6-13)15-9-17(27)21(31)23(19(15)29)33-24-20(30)16(10-18(28)22(24)32)12-3-7-14(26)8-4-12/h1-10,25-32H. The molecule has 0 bridgehead atoms. The molecule has 0 spiro atoms. The van der Waals surface area contributed by atoms with E-state index in [1.807, 2.05) is 0 Å². The van der Waals surface area contributed by atoms with Crippen LogP contribution in [0.25, 0.3) is 22.3 Å². The number of ether oxygens (including phenoxy) is 1. The van der Waals surface area contributed by atoms with Gasteiger partial charge in [-0.3, -0.25) is 0 Å². The topological polar surface area (TPSA) is 171 Å². The molecular formula is C24H18O9.